The van der Waals surface area contributed by atoms with E-state index in [4.69, 9.17) is 18.6 Å². The lowest BCUT2D eigenvalue weighted by Gasteiger charge is -2.12. The number of rotatable bonds is 8. The first kappa shape index (κ1) is 20.9. The molecule has 0 bridgehead atoms. The van der Waals surface area contributed by atoms with Crippen LogP contribution in [0.3, 0.4) is 0 Å². The number of para-hydroxylation sites is 1. The quantitative estimate of drug-likeness (QED) is 0.322. The van der Waals surface area contributed by atoms with E-state index in [1.165, 1.54) is 0 Å². The largest absolute Gasteiger partial charge is 0.497 e. The van der Waals surface area contributed by atoms with Crippen molar-refractivity contribution in [3.63, 3.8) is 0 Å². The van der Waals surface area contributed by atoms with Crippen molar-refractivity contribution in [2.75, 3.05) is 14.2 Å². The number of halogens is 1. The van der Waals surface area contributed by atoms with E-state index in [0.29, 0.717) is 24.8 Å². The van der Waals surface area contributed by atoms with Crippen molar-refractivity contribution in [2.24, 2.45) is 0 Å². The van der Waals surface area contributed by atoms with Crippen LogP contribution in [0.15, 0.2) is 75.6 Å². The van der Waals surface area contributed by atoms with Gasteiger partial charge in [-0.2, -0.15) is 0 Å². The van der Waals surface area contributed by atoms with E-state index in [-0.39, 0.29) is 0 Å². The summed E-state index contributed by atoms with van der Waals surface area (Å²) >= 11 is 3.50. The van der Waals surface area contributed by atoms with Gasteiger partial charge in [-0.1, -0.05) is 24.3 Å². The Labute approximate surface area is 188 Å². The highest BCUT2D eigenvalue weighted by Gasteiger charge is 2.13. The first-order valence-electron chi connectivity index (χ1n) is 9.66. The van der Waals surface area contributed by atoms with Crippen LogP contribution >= 0.6 is 15.9 Å². The molecular formula is C24H21BrN2O4. The maximum absolute atomic E-state index is 5.96. The maximum Gasteiger partial charge on any atom is 0.247 e. The van der Waals surface area contributed by atoms with Crippen LogP contribution < -0.4 is 14.2 Å². The molecule has 0 atom stereocenters. The summed E-state index contributed by atoms with van der Waals surface area (Å²) in [6, 6.07) is 21.2. The predicted octanol–water partition coefficient (Wildman–Crippen LogP) is 5.69. The average Bonchev–Trinajstić information content (AvgIpc) is 3.27. The van der Waals surface area contributed by atoms with E-state index in [1.807, 2.05) is 66.7 Å². The van der Waals surface area contributed by atoms with E-state index in [9.17, 15) is 0 Å². The Bertz CT molecular complexity index is 1160. The van der Waals surface area contributed by atoms with Gasteiger partial charge in [-0.15, -0.1) is 10.2 Å². The number of aromatic nitrogens is 2. The fourth-order valence-electron chi connectivity index (χ4n) is 3.10. The fraction of sp³-hybridized carbons (Fsp3) is 0.167. The van der Waals surface area contributed by atoms with Gasteiger partial charge < -0.3 is 18.6 Å². The Morgan fingerprint density at radius 3 is 2.42 bits per heavy atom. The predicted molar refractivity (Wildman–Crippen MR) is 121 cm³/mol. The van der Waals surface area contributed by atoms with Crippen LogP contribution in [0.4, 0.5) is 0 Å². The lowest BCUT2D eigenvalue weighted by atomic mass is 10.1. The van der Waals surface area contributed by atoms with E-state index in [0.717, 1.165) is 38.4 Å². The minimum atomic E-state index is 0.340. The third kappa shape index (κ3) is 5.06. The van der Waals surface area contributed by atoms with Gasteiger partial charge in [-0.25, -0.2) is 0 Å². The summed E-state index contributed by atoms with van der Waals surface area (Å²) in [4.78, 5) is 0. The van der Waals surface area contributed by atoms with Crippen LogP contribution in [0.25, 0.3) is 11.5 Å². The van der Waals surface area contributed by atoms with Crippen molar-refractivity contribution in [2.45, 2.75) is 13.0 Å². The summed E-state index contributed by atoms with van der Waals surface area (Å²) in [7, 11) is 3.28. The highest BCUT2D eigenvalue weighted by Crippen LogP contribution is 2.29. The van der Waals surface area contributed by atoms with Crippen LogP contribution in [0.5, 0.6) is 17.2 Å². The Kier molecular flexibility index (Phi) is 6.52. The third-order valence-electron chi connectivity index (χ3n) is 4.73. The Hall–Kier alpha value is -3.32. The topological polar surface area (TPSA) is 66.6 Å². The summed E-state index contributed by atoms with van der Waals surface area (Å²) in [5, 5.41) is 8.41. The molecule has 0 N–H and O–H groups in total. The Morgan fingerprint density at radius 1 is 0.871 bits per heavy atom. The van der Waals surface area contributed by atoms with Crippen molar-refractivity contribution >= 4 is 15.9 Å². The molecule has 7 heteroatoms. The molecule has 0 saturated carbocycles. The molecule has 0 aliphatic rings. The first-order valence-corrected chi connectivity index (χ1v) is 10.5. The smallest absolute Gasteiger partial charge is 0.247 e. The molecule has 158 valence electrons. The van der Waals surface area contributed by atoms with Crippen molar-refractivity contribution in [1.29, 1.82) is 0 Å². The van der Waals surface area contributed by atoms with Gasteiger partial charge in [0, 0.05) is 11.1 Å². The minimum absolute atomic E-state index is 0.340. The van der Waals surface area contributed by atoms with Crippen molar-refractivity contribution in [1.82, 2.24) is 10.2 Å². The van der Waals surface area contributed by atoms with Crippen molar-refractivity contribution < 1.29 is 18.6 Å². The number of nitrogens with zero attached hydrogens (tertiary/aromatic N) is 2. The SMILES string of the molecule is COc1ccc(Cc2nnc(-c3ccc(OC)c(COc4ccccc4Br)c3)o2)cc1. The molecule has 4 rings (SSSR count). The van der Waals surface area contributed by atoms with Crippen LogP contribution in [0.2, 0.25) is 0 Å². The Morgan fingerprint density at radius 2 is 1.68 bits per heavy atom. The summed E-state index contributed by atoms with van der Waals surface area (Å²) in [6.07, 6.45) is 0.547. The third-order valence-corrected chi connectivity index (χ3v) is 5.38. The number of hydrogen-bond acceptors (Lipinski definition) is 6. The molecule has 0 spiro atoms. The summed E-state index contributed by atoms with van der Waals surface area (Å²) < 4.78 is 23.4. The second kappa shape index (κ2) is 9.66. The summed E-state index contributed by atoms with van der Waals surface area (Å²) in [5.41, 5.74) is 2.75. The van der Waals surface area contributed by atoms with Crippen LogP contribution in [0.1, 0.15) is 17.0 Å². The normalized spacial score (nSPS) is 10.7. The van der Waals surface area contributed by atoms with E-state index < -0.39 is 0 Å². The maximum atomic E-state index is 5.96. The van der Waals surface area contributed by atoms with Crippen LogP contribution in [-0.4, -0.2) is 24.4 Å². The van der Waals surface area contributed by atoms with E-state index in [1.54, 1.807) is 14.2 Å². The lowest BCUT2D eigenvalue weighted by molar-refractivity contribution is 0.295. The molecule has 0 saturated heterocycles. The molecule has 3 aromatic carbocycles. The zero-order chi connectivity index (χ0) is 21.6. The number of benzene rings is 3. The molecular weight excluding hydrogens is 460 g/mol. The monoisotopic (exact) mass is 480 g/mol. The second-order valence-corrected chi connectivity index (χ2v) is 7.63. The first-order chi connectivity index (χ1) is 15.2. The lowest BCUT2D eigenvalue weighted by Crippen LogP contribution is -1.99. The van der Waals surface area contributed by atoms with Gasteiger partial charge in [0.15, 0.2) is 0 Å². The standard InChI is InChI=1S/C24H21BrN2O4/c1-28-19-10-7-16(8-11-19)13-23-26-27-24(31-23)17-9-12-21(29-2)18(14-17)15-30-22-6-4-3-5-20(22)25/h3-12,14H,13,15H2,1-2H3. The van der Waals surface area contributed by atoms with Gasteiger partial charge in [0.25, 0.3) is 0 Å². The molecule has 1 heterocycles. The minimum Gasteiger partial charge on any atom is -0.497 e. The molecule has 6 nitrogen and oxygen atoms in total. The molecule has 4 aromatic rings. The van der Waals surface area contributed by atoms with Crippen molar-refractivity contribution in [3.8, 4) is 28.7 Å². The molecule has 0 aliphatic carbocycles. The molecule has 0 aliphatic heterocycles. The Balaban J connectivity index is 1.51. The van der Waals surface area contributed by atoms with E-state index >= 15 is 0 Å². The van der Waals surface area contributed by atoms with Gasteiger partial charge in [0.05, 0.1) is 25.1 Å². The van der Waals surface area contributed by atoms with Gasteiger partial charge in [-0.05, 0) is 64.0 Å². The van der Waals surface area contributed by atoms with Crippen LogP contribution in [0, 0.1) is 0 Å². The highest BCUT2D eigenvalue weighted by atomic mass is 79.9. The molecule has 0 radical (unpaired) electrons. The second-order valence-electron chi connectivity index (χ2n) is 6.77. The number of methoxy groups -OCH3 is 2. The highest BCUT2D eigenvalue weighted by molar-refractivity contribution is 9.10. The number of ether oxygens (including phenoxy) is 3. The fourth-order valence-corrected chi connectivity index (χ4v) is 3.50. The number of hydrogen-bond donors (Lipinski definition) is 0. The van der Waals surface area contributed by atoms with E-state index in [2.05, 4.69) is 26.1 Å². The van der Waals surface area contributed by atoms with Gasteiger partial charge in [-0.3, -0.25) is 0 Å². The summed E-state index contributed by atoms with van der Waals surface area (Å²) in [6.45, 7) is 0.340. The summed E-state index contributed by atoms with van der Waals surface area (Å²) in [5.74, 6) is 3.30. The van der Waals surface area contributed by atoms with Crippen LogP contribution in [-0.2, 0) is 13.0 Å². The molecule has 0 unspecified atom stereocenters. The molecule has 0 amide bonds. The van der Waals surface area contributed by atoms with Crippen molar-refractivity contribution in [3.05, 3.63) is 88.2 Å². The molecule has 31 heavy (non-hydrogen) atoms. The zero-order valence-corrected chi connectivity index (χ0v) is 18.8. The molecule has 1 aromatic heterocycles. The van der Waals surface area contributed by atoms with Gasteiger partial charge >= 0.3 is 0 Å². The molecule has 0 fully saturated rings. The average molecular weight is 481 g/mol. The zero-order valence-electron chi connectivity index (χ0n) is 17.2. The van der Waals surface area contributed by atoms with Gasteiger partial charge in [0.2, 0.25) is 11.8 Å². The van der Waals surface area contributed by atoms with Gasteiger partial charge in [0.1, 0.15) is 23.9 Å².